The molecule has 4 nitrogen and oxygen atoms in total. The third-order valence-corrected chi connectivity index (χ3v) is 4.61. The summed E-state index contributed by atoms with van der Waals surface area (Å²) >= 11 is 5.01. The summed E-state index contributed by atoms with van der Waals surface area (Å²) in [5.74, 6) is 1.15. The number of ether oxygens (including phenoxy) is 2. The van der Waals surface area contributed by atoms with E-state index in [0.29, 0.717) is 17.1 Å². The number of hydrogen-bond donors (Lipinski definition) is 1. The van der Waals surface area contributed by atoms with E-state index in [2.05, 4.69) is 22.0 Å². The maximum Gasteiger partial charge on any atom is 0.148 e. The van der Waals surface area contributed by atoms with E-state index in [4.69, 9.17) is 20.5 Å². The fourth-order valence-electron chi connectivity index (χ4n) is 1.87. The molecule has 0 radical (unpaired) electrons. The van der Waals surface area contributed by atoms with E-state index in [1.165, 1.54) is 0 Å². The summed E-state index contributed by atoms with van der Waals surface area (Å²) in [6, 6.07) is 8.99. The molecule has 2 N–H and O–H groups in total. The van der Waals surface area contributed by atoms with Crippen LogP contribution in [-0.4, -0.2) is 13.2 Å². The molecule has 0 saturated carbocycles. The number of nitrogens with zero attached hydrogens (tertiary/aromatic N) is 1. The van der Waals surface area contributed by atoms with Gasteiger partial charge in [-0.1, -0.05) is 0 Å². The molecular formula is C15H15BrN2O2S. The van der Waals surface area contributed by atoms with Gasteiger partial charge in [-0.2, -0.15) is 5.26 Å². The second-order valence-corrected chi connectivity index (χ2v) is 6.43. The smallest absolute Gasteiger partial charge is 0.148 e. The number of methoxy groups -OCH3 is 1. The molecule has 1 aromatic carbocycles. The van der Waals surface area contributed by atoms with Crippen molar-refractivity contribution < 1.29 is 9.47 Å². The van der Waals surface area contributed by atoms with Crippen LogP contribution in [0.5, 0.6) is 11.5 Å². The van der Waals surface area contributed by atoms with E-state index in [-0.39, 0.29) is 12.1 Å². The third kappa shape index (κ3) is 3.97. The molecule has 1 aromatic heterocycles. The molecule has 0 aliphatic carbocycles. The molecule has 1 heterocycles. The van der Waals surface area contributed by atoms with E-state index in [9.17, 15) is 0 Å². The number of hydrogen-bond acceptors (Lipinski definition) is 5. The second-order valence-electron chi connectivity index (χ2n) is 4.57. The van der Waals surface area contributed by atoms with Gasteiger partial charge in [0, 0.05) is 26.8 Å². The van der Waals surface area contributed by atoms with Crippen molar-refractivity contribution in [1.29, 1.82) is 5.26 Å². The minimum absolute atomic E-state index is 0.188. The van der Waals surface area contributed by atoms with Crippen LogP contribution in [0.15, 0.2) is 34.1 Å². The Morgan fingerprint density at radius 1 is 1.29 bits per heavy atom. The van der Waals surface area contributed by atoms with Crippen LogP contribution in [0.4, 0.5) is 0 Å². The zero-order valence-corrected chi connectivity index (χ0v) is 14.1. The highest BCUT2D eigenvalue weighted by molar-refractivity contribution is 9.10. The van der Waals surface area contributed by atoms with Crippen LogP contribution in [0.25, 0.3) is 0 Å². The summed E-state index contributed by atoms with van der Waals surface area (Å²) < 4.78 is 12.2. The highest BCUT2D eigenvalue weighted by Gasteiger charge is 2.20. The first-order valence-corrected chi connectivity index (χ1v) is 7.96. The Hall–Kier alpha value is -1.55. The Bertz CT molecular complexity index is 664. The number of benzene rings is 1. The van der Waals surface area contributed by atoms with Crippen molar-refractivity contribution >= 4 is 27.3 Å². The van der Waals surface area contributed by atoms with E-state index in [1.54, 1.807) is 36.6 Å². The summed E-state index contributed by atoms with van der Waals surface area (Å²) in [5, 5.41) is 11.0. The van der Waals surface area contributed by atoms with Crippen molar-refractivity contribution in [2.45, 2.75) is 19.1 Å². The van der Waals surface area contributed by atoms with Crippen molar-refractivity contribution in [2.75, 3.05) is 7.11 Å². The van der Waals surface area contributed by atoms with Crippen molar-refractivity contribution in [3.63, 3.8) is 0 Å². The molecular weight excluding hydrogens is 352 g/mol. The Morgan fingerprint density at radius 3 is 2.52 bits per heavy atom. The molecule has 0 amide bonds. The summed E-state index contributed by atoms with van der Waals surface area (Å²) in [5.41, 5.74) is 6.52. The minimum Gasteiger partial charge on any atom is -0.497 e. The van der Waals surface area contributed by atoms with Gasteiger partial charge < -0.3 is 15.2 Å². The van der Waals surface area contributed by atoms with Crippen LogP contribution in [0.1, 0.15) is 23.5 Å². The number of nitriles is 1. The van der Waals surface area contributed by atoms with E-state index in [1.807, 2.05) is 18.4 Å². The molecule has 21 heavy (non-hydrogen) atoms. The highest BCUT2D eigenvalue weighted by atomic mass is 79.9. The molecule has 2 aromatic rings. The largest absolute Gasteiger partial charge is 0.497 e. The van der Waals surface area contributed by atoms with Crippen molar-refractivity contribution in [3.05, 3.63) is 44.6 Å². The molecule has 0 bridgehead atoms. The number of nitrogens with two attached hydrogens (primary N) is 1. The van der Waals surface area contributed by atoms with Gasteiger partial charge in [-0.05, 0) is 41.1 Å². The van der Waals surface area contributed by atoms with E-state index in [0.717, 1.165) is 9.35 Å². The van der Waals surface area contributed by atoms with Gasteiger partial charge in [-0.25, -0.2) is 0 Å². The lowest BCUT2D eigenvalue weighted by Gasteiger charge is -2.21. The van der Waals surface area contributed by atoms with Crippen molar-refractivity contribution in [1.82, 2.24) is 0 Å². The van der Waals surface area contributed by atoms with Gasteiger partial charge in [0.15, 0.2) is 0 Å². The average molecular weight is 367 g/mol. The lowest BCUT2D eigenvalue weighted by atomic mass is 10.1. The maximum absolute atomic E-state index is 9.06. The lowest BCUT2D eigenvalue weighted by molar-refractivity contribution is 0.183. The van der Waals surface area contributed by atoms with Gasteiger partial charge in [0.05, 0.1) is 18.7 Å². The Morgan fingerprint density at radius 2 is 2.00 bits per heavy atom. The predicted octanol–water partition coefficient (Wildman–Crippen LogP) is 3.86. The first-order chi connectivity index (χ1) is 10.0. The second kappa shape index (κ2) is 6.94. The van der Waals surface area contributed by atoms with Gasteiger partial charge in [-0.15, -0.1) is 11.3 Å². The quantitative estimate of drug-likeness (QED) is 0.872. The molecule has 2 rings (SSSR count). The van der Waals surface area contributed by atoms with Gasteiger partial charge in [0.25, 0.3) is 0 Å². The molecule has 0 fully saturated rings. The Labute approximate surface area is 136 Å². The van der Waals surface area contributed by atoms with Crippen LogP contribution >= 0.6 is 27.3 Å². The monoisotopic (exact) mass is 366 g/mol. The Balaban J connectivity index is 2.31. The summed E-state index contributed by atoms with van der Waals surface area (Å²) in [7, 11) is 1.56. The number of halogens is 1. The van der Waals surface area contributed by atoms with Crippen LogP contribution in [0, 0.1) is 11.3 Å². The predicted molar refractivity (Wildman–Crippen MR) is 86.7 cm³/mol. The number of thiophene rings is 1. The summed E-state index contributed by atoms with van der Waals surface area (Å²) in [6.07, 6.45) is -0.278. The first-order valence-electron chi connectivity index (χ1n) is 6.29. The molecule has 6 heteroatoms. The topological polar surface area (TPSA) is 68.3 Å². The normalized spacial score (nSPS) is 13.3. The molecule has 110 valence electrons. The van der Waals surface area contributed by atoms with Crippen LogP contribution in [0.2, 0.25) is 0 Å². The van der Waals surface area contributed by atoms with Crippen LogP contribution in [0.3, 0.4) is 0 Å². The molecule has 0 aliphatic heterocycles. The average Bonchev–Trinajstić information content (AvgIpc) is 2.90. The fraction of sp³-hybridized carbons (Fsp3) is 0.267. The fourth-order valence-corrected chi connectivity index (χ4v) is 3.46. The van der Waals surface area contributed by atoms with Gasteiger partial charge >= 0.3 is 0 Å². The van der Waals surface area contributed by atoms with E-state index >= 15 is 0 Å². The molecule has 0 spiro atoms. The molecule has 2 atom stereocenters. The van der Waals surface area contributed by atoms with Crippen molar-refractivity contribution in [3.8, 4) is 17.6 Å². The minimum atomic E-state index is -0.278. The third-order valence-electron chi connectivity index (χ3n) is 2.85. The van der Waals surface area contributed by atoms with Crippen LogP contribution < -0.4 is 15.2 Å². The lowest BCUT2D eigenvalue weighted by Crippen LogP contribution is -2.28. The molecule has 0 aliphatic rings. The molecule has 2 unspecified atom stereocenters. The number of rotatable bonds is 5. The zero-order chi connectivity index (χ0) is 15.4. The summed E-state index contributed by atoms with van der Waals surface area (Å²) in [6.45, 7) is 1.89. The van der Waals surface area contributed by atoms with Crippen molar-refractivity contribution in [2.24, 2.45) is 5.73 Å². The van der Waals surface area contributed by atoms with Crippen LogP contribution in [-0.2, 0) is 0 Å². The first kappa shape index (κ1) is 15.8. The SMILES string of the molecule is COc1cc(C#N)cc(OC(c2cc(Br)cs2)C(C)N)c1. The zero-order valence-electron chi connectivity index (χ0n) is 11.7. The maximum atomic E-state index is 9.06. The molecule has 0 saturated heterocycles. The highest BCUT2D eigenvalue weighted by Crippen LogP contribution is 2.32. The van der Waals surface area contributed by atoms with E-state index < -0.39 is 0 Å². The standard InChI is InChI=1S/C15H15BrN2O2S/c1-9(18)15(14-5-11(16)8-21-14)20-13-4-10(7-17)3-12(6-13)19-2/h3-6,8-9,15H,18H2,1-2H3. The van der Waals surface area contributed by atoms with Gasteiger partial charge in [0.1, 0.15) is 17.6 Å². The van der Waals surface area contributed by atoms with Gasteiger partial charge in [0.2, 0.25) is 0 Å². The van der Waals surface area contributed by atoms with Gasteiger partial charge in [-0.3, -0.25) is 0 Å². The summed E-state index contributed by atoms with van der Waals surface area (Å²) in [4.78, 5) is 1.03. The Kier molecular flexibility index (Phi) is 5.23.